The molecule has 3 aromatic heterocycles. The lowest BCUT2D eigenvalue weighted by molar-refractivity contribution is 0.102. The minimum Gasteiger partial charge on any atom is -0.289 e. The summed E-state index contributed by atoms with van der Waals surface area (Å²) < 4.78 is 15.3. The number of nitrogens with one attached hydrogen (secondary N) is 2. The van der Waals surface area contributed by atoms with Crippen LogP contribution in [0.25, 0.3) is 15.2 Å². The van der Waals surface area contributed by atoms with Crippen LogP contribution in [0, 0.1) is 5.82 Å². The molecule has 2 N–H and O–H groups in total. The number of hydrogen-bond acceptors (Lipinski definition) is 7. The Morgan fingerprint density at radius 2 is 2.26 bits per heavy atom. The van der Waals surface area contributed by atoms with Gasteiger partial charge in [0.05, 0.1) is 10.2 Å². The highest BCUT2D eigenvalue weighted by atomic mass is 32.1. The van der Waals surface area contributed by atoms with E-state index >= 15 is 0 Å². The van der Waals surface area contributed by atoms with Crippen LogP contribution in [-0.4, -0.2) is 35.9 Å². The van der Waals surface area contributed by atoms with Gasteiger partial charge in [-0.2, -0.15) is 0 Å². The number of rotatable bonds is 2. The number of hydrogen-bond donors (Lipinski definition) is 2. The molecule has 0 fully saturated rings. The number of nitrogens with zero attached hydrogens (tertiary/aromatic N) is 5. The van der Waals surface area contributed by atoms with Crippen LogP contribution in [0.3, 0.4) is 0 Å². The van der Waals surface area contributed by atoms with Crippen molar-refractivity contribution in [2.24, 2.45) is 0 Å². The van der Waals surface area contributed by atoms with Crippen LogP contribution in [0.4, 0.5) is 10.3 Å². The van der Waals surface area contributed by atoms with Gasteiger partial charge in [-0.3, -0.25) is 19.3 Å². The third-order valence-corrected chi connectivity index (χ3v) is 4.15. The summed E-state index contributed by atoms with van der Waals surface area (Å²) in [6, 6.07) is 4.08. The summed E-state index contributed by atoms with van der Waals surface area (Å²) >= 11 is 1.23. The lowest BCUT2D eigenvalue weighted by atomic mass is 10.3. The van der Waals surface area contributed by atoms with Gasteiger partial charge in [-0.05, 0) is 28.6 Å². The number of carbonyl (C=O) groups is 1. The third kappa shape index (κ3) is 2.14. The molecule has 0 aliphatic heterocycles. The first-order chi connectivity index (χ1) is 11.1. The zero-order valence-corrected chi connectivity index (χ0v) is 12.0. The Kier molecular flexibility index (Phi) is 2.87. The van der Waals surface area contributed by atoms with Crippen LogP contribution < -0.4 is 10.9 Å². The molecule has 0 saturated heterocycles. The second-order valence-corrected chi connectivity index (χ2v) is 5.52. The quantitative estimate of drug-likeness (QED) is 0.561. The second kappa shape index (κ2) is 4.91. The molecule has 0 unspecified atom stereocenters. The van der Waals surface area contributed by atoms with E-state index in [-0.39, 0.29) is 11.5 Å². The number of H-pyrrole nitrogens is 1. The highest BCUT2D eigenvalue weighted by molar-refractivity contribution is 7.23. The van der Waals surface area contributed by atoms with E-state index in [4.69, 9.17) is 0 Å². The van der Waals surface area contributed by atoms with E-state index in [9.17, 15) is 14.0 Å². The first kappa shape index (κ1) is 13.5. The Balaban J connectivity index is 1.90. The molecule has 1 amide bonds. The number of tetrazole rings is 1. The molecule has 23 heavy (non-hydrogen) atoms. The number of anilines is 1. The minimum atomic E-state index is -0.716. The van der Waals surface area contributed by atoms with Gasteiger partial charge >= 0.3 is 0 Å². The number of thiazole rings is 1. The van der Waals surface area contributed by atoms with Gasteiger partial charge in [-0.15, -0.1) is 0 Å². The summed E-state index contributed by atoms with van der Waals surface area (Å²) in [7, 11) is 0. The Morgan fingerprint density at radius 1 is 1.39 bits per heavy atom. The fourth-order valence-electron chi connectivity index (χ4n) is 2.12. The summed E-state index contributed by atoms with van der Waals surface area (Å²) in [6.45, 7) is 0. The Hall–Kier alpha value is -3.21. The number of carbonyl (C=O) groups excluding carboxylic acids is 1. The van der Waals surface area contributed by atoms with Gasteiger partial charge in [0.1, 0.15) is 11.4 Å². The fourth-order valence-corrected chi connectivity index (χ4v) is 3.08. The molecule has 114 valence electrons. The molecular formula is C12H6FN7O2S. The van der Waals surface area contributed by atoms with Crippen molar-refractivity contribution in [1.29, 1.82) is 0 Å². The number of aromatic nitrogens is 6. The molecule has 4 aromatic rings. The van der Waals surface area contributed by atoms with Crippen molar-refractivity contribution in [1.82, 2.24) is 30.0 Å². The molecule has 0 spiro atoms. The summed E-state index contributed by atoms with van der Waals surface area (Å²) in [4.78, 5) is 29.2. The Labute approximate surface area is 129 Å². The molecule has 11 heteroatoms. The molecule has 0 radical (unpaired) electrons. The van der Waals surface area contributed by atoms with Crippen molar-refractivity contribution in [3.63, 3.8) is 0 Å². The molecule has 0 saturated carbocycles. The lowest BCUT2D eigenvalue weighted by Crippen LogP contribution is -2.26. The molecule has 0 aliphatic carbocycles. The number of benzene rings is 1. The number of fused-ring (bicyclic) bond motifs is 3. The summed E-state index contributed by atoms with van der Waals surface area (Å²) in [5.74, 6) is -1.20. The van der Waals surface area contributed by atoms with Crippen molar-refractivity contribution >= 4 is 38.4 Å². The van der Waals surface area contributed by atoms with E-state index < -0.39 is 17.3 Å². The molecule has 9 nitrogen and oxygen atoms in total. The zero-order valence-electron chi connectivity index (χ0n) is 11.1. The summed E-state index contributed by atoms with van der Waals surface area (Å²) in [5, 5.41) is 14.8. The highest BCUT2D eigenvalue weighted by Crippen LogP contribution is 2.24. The van der Waals surface area contributed by atoms with Gasteiger partial charge in [-0.1, -0.05) is 16.4 Å². The maximum Gasteiger partial charge on any atom is 0.271 e. The standard InChI is InChI=1S/C12H6FN7O2S/c13-5-1-2-8-7(3-5)20-10(22)6(4-14-12(20)23-8)9(21)15-11-16-18-19-17-11/h1-4H,(H2,15,16,17,18,19,21). The third-order valence-electron chi connectivity index (χ3n) is 3.11. The van der Waals surface area contributed by atoms with Crippen LogP contribution in [-0.2, 0) is 0 Å². The van der Waals surface area contributed by atoms with Gasteiger partial charge in [0.15, 0.2) is 4.96 Å². The first-order valence-corrected chi connectivity index (χ1v) is 7.10. The average molecular weight is 331 g/mol. The SMILES string of the molecule is O=C(Nc1nnn[nH]1)c1cnc2sc3ccc(F)cc3n2c1=O. The van der Waals surface area contributed by atoms with E-state index in [0.717, 1.165) is 0 Å². The first-order valence-electron chi connectivity index (χ1n) is 6.28. The van der Waals surface area contributed by atoms with Crippen LogP contribution in [0.2, 0.25) is 0 Å². The monoisotopic (exact) mass is 331 g/mol. The van der Waals surface area contributed by atoms with Gasteiger partial charge < -0.3 is 0 Å². The smallest absolute Gasteiger partial charge is 0.271 e. The maximum atomic E-state index is 13.4. The lowest BCUT2D eigenvalue weighted by Gasteiger charge is -2.01. The highest BCUT2D eigenvalue weighted by Gasteiger charge is 2.17. The fraction of sp³-hybridized carbons (Fsp3) is 0. The summed E-state index contributed by atoms with van der Waals surface area (Å²) in [5.41, 5.74) is -0.446. The van der Waals surface area contributed by atoms with Crippen LogP contribution >= 0.6 is 11.3 Å². The minimum absolute atomic E-state index is 0.000665. The van der Waals surface area contributed by atoms with Gasteiger partial charge in [-0.25, -0.2) is 14.5 Å². The van der Waals surface area contributed by atoms with E-state index in [1.54, 1.807) is 6.07 Å². The molecule has 0 bridgehead atoms. The largest absolute Gasteiger partial charge is 0.289 e. The Bertz CT molecular complexity index is 1100. The molecule has 1 aromatic carbocycles. The van der Waals surface area contributed by atoms with Crippen molar-refractivity contribution in [3.05, 3.63) is 46.1 Å². The van der Waals surface area contributed by atoms with Crippen LogP contribution in [0.1, 0.15) is 10.4 Å². The number of amides is 1. The number of halogens is 1. The van der Waals surface area contributed by atoms with Crippen molar-refractivity contribution < 1.29 is 9.18 Å². The van der Waals surface area contributed by atoms with Crippen LogP contribution in [0.5, 0.6) is 0 Å². The number of aromatic amines is 1. The van der Waals surface area contributed by atoms with E-state index in [2.05, 4.69) is 30.9 Å². The predicted octanol–water partition coefficient (Wildman–Crippen LogP) is 0.814. The van der Waals surface area contributed by atoms with Crippen molar-refractivity contribution in [2.45, 2.75) is 0 Å². The Morgan fingerprint density at radius 3 is 3.04 bits per heavy atom. The predicted molar refractivity (Wildman–Crippen MR) is 78.9 cm³/mol. The molecule has 3 heterocycles. The molecular weight excluding hydrogens is 325 g/mol. The van der Waals surface area contributed by atoms with Crippen LogP contribution in [0.15, 0.2) is 29.2 Å². The van der Waals surface area contributed by atoms with Crippen molar-refractivity contribution in [3.8, 4) is 0 Å². The molecule has 4 rings (SSSR count). The van der Waals surface area contributed by atoms with E-state index in [1.165, 1.54) is 34.1 Å². The molecule has 0 aliphatic rings. The maximum absolute atomic E-state index is 13.4. The summed E-state index contributed by atoms with van der Waals surface area (Å²) in [6.07, 6.45) is 1.17. The van der Waals surface area contributed by atoms with Crippen molar-refractivity contribution in [2.75, 3.05) is 5.32 Å². The molecule has 0 atom stereocenters. The van der Waals surface area contributed by atoms with Gasteiger partial charge in [0.2, 0.25) is 5.95 Å². The normalized spacial score (nSPS) is 11.2. The second-order valence-electron chi connectivity index (χ2n) is 4.51. The van der Waals surface area contributed by atoms with Gasteiger partial charge in [0.25, 0.3) is 11.5 Å². The van der Waals surface area contributed by atoms with Gasteiger partial charge in [0, 0.05) is 6.20 Å². The average Bonchev–Trinajstić information content (AvgIpc) is 3.14. The van der Waals surface area contributed by atoms with E-state index in [0.29, 0.717) is 15.2 Å². The zero-order chi connectivity index (χ0) is 16.0. The van der Waals surface area contributed by atoms with E-state index in [1.807, 2.05) is 0 Å². The topological polar surface area (TPSA) is 118 Å².